The van der Waals surface area contributed by atoms with E-state index >= 15 is 0 Å². The predicted octanol–water partition coefficient (Wildman–Crippen LogP) is 1.22. The molecule has 0 fully saturated rings. The van der Waals surface area contributed by atoms with E-state index in [4.69, 9.17) is 4.74 Å². The van der Waals surface area contributed by atoms with E-state index in [0.717, 1.165) is 12.8 Å². The number of hydrogen-bond donors (Lipinski definition) is 2. The van der Waals surface area contributed by atoms with Gasteiger partial charge < -0.3 is 10.1 Å². The van der Waals surface area contributed by atoms with E-state index in [-0.39, 0.29) is 5.03 Å². The van der Waals surface area contributed by atoms with Crippen molar-refractivity contribution in [3.8, 4) is 0 Å². The second-order valence-electron chi connectivity index (χ2n) is 3.98. The van der Waals surface area contributed by atoms with Crippen LogP contribution in [0.15, 0.2) is 23.4 Å². The summed E-state index contributed by atoms with van der Waals surface area (Å²) in [7, 11) is -1.94. The lowest BCUT2D eigenvalue weighted by atomic mass is 10.3. The van der Waals surface area contributed by atoms with Crippen molar-refractivity contribution in [1.29, 1.82) is 0 Å². The quantitative estimate of drug-likeness (QED) is 0.667. The van der Waals surface area contributed by atoms with E-state index in [1.54, 1.807) is 19.2 Å². The van der Waals surface area contributed by atoms with Gasteiger partial charge in [0.25, 0.3) is 10.0 Å². The number of unbranched alkanes of at least 4 members (excludes halogenated alkanes) is 1. The number of anilines is 1. The van der Waals surface area contributed by atoms with Crippen LogP contribution < -0.4 is 10.0 Å². The number of sulfonamides is 1. The average molecular weight is 287 g/mol. The van der Waals surface area contributed by atoms with Gasteiger partial charge in [0.1, 0.15) is 0 Å². The van der Waals surface area contributed by atoms with Crippen LogP contribution in [0.2, 0.25) is 0 Å². The Morgan fingerprint density at radius 1 is 1.37 bits per heavy atom. The third-order valence-electron chi connectivity index (χ3n) is 2.46. The topological polar surface area (TPSA) is 80.3 Å². The van der Waals surface area contributed by atoms with Crippen LogP contribution in [0.1, 0.15) is 19.8 Å². The Kier molecular flexibility index (Phi) is 6.75. The average Bonchev–Trinajstić information content (AvgIpc) is 2.39. The zero-order valence-electron chi connectivity index (χ0n) is 11.3. The van der Waals surface area contributed by atoms with Crippen LogP contribution in [-0.2, 0) is 14.8 Å². The number of pyridine rings is 1. The van der Waals surface area contributed by atoms with Crippen LogP contribution in [0.5, 0.6) is 0 Å². The lowest BCUT2D eigenvalue weighted by Gasteiger charge is -2.10. The molecule has 0 aliphatic heterocycles. The fourth-order valence-electron chi connectivity index (χ4n) is 1.58. The number of nitrogens with zero attached hydrogens (tertiary/aromatic N) is 1. The molecule has 7 heteroatoms. The summed E-state index contributed by atoms with van der Waals surface area (Å²) in [6, 6.07) is 3.41. The predicted molar refractivity (Wildman–Crippen MR) is 74.7 cm³/mol. The van der Waals surface area contributed by atoms with Crippen LogP contribution in [0.25, 0.3) is 0 Å². The van der Waals surface area contributed by atoms with Gasteiger partial charge in [-0.3, -0.25) is 0 Å². The maximum absolute atomic E-state index is 12.1. The van der Waals surface area contributed by atoms with Gasteiger partial charge in [0.15, 0.2) is 5.03 Å². The first-order valence-corrected chi connectivity index (χ1v) is 7.77. The van der Waals surface area contributed by atoms with Gasteiger partial charge in [0.05, 0.1) is 5.69 Å². The lowest BCUT2D eigenvalue weighted by molar-refractivity contribution is 0.193. The molecule has 1 heterocycles. The Bertz CT molecular complexity index is 477. The summed E-state index contributed by atoms with van der Waals surface area (Å²) >= 11 is 0. The van der Waals surface area contributed by atoms with E-state index in [1.807, 2.05) is 6.92 Å². The van der Waals surface area contributed by atoms with Crippen LogP contribution in [0, 0.1) is 0 Å². The summed E-state index contributed by atoms with van der Waals surface area (Å²) in [5.74, 6) is 0. The number of nitrogens with one attached hydrogen (secondary N) is 2. The Balaban J connectivity index is 2.66. The Hall–Kier alpha value is -1.18. The molecule has 1 rings (SSSR count). The highest BCUT2D eigenvalue weighted by Gasteiger charge is 2.18. The monoisotopic (exact) mass is 287 g/mol. The SMILES string of the molecule is CCNc1cccnc1S(=O)(=O)NCCCCOC. The maximum atomic E-state index is 12.1. The molecule has 0 aromatic carbocycles. The minimum Gasteiger partial charge on any atom is -0.385 e. The standard InChI is InChI=1S/C12H21N3O3S/c1-3-13-11-7-6-8-14-12(11)19(16,17)15-9-4-5-10-18-2/h6-8,13,15H,3-5,9-10H2,1-2H3. The number of hydrogen-bond acceptors (Lipinski definition) is 5. The molecule has 0 atom stereocenters. The molecule has 0 amide bonds. The molecule has 1 aromatic rings. The molecule has 0 bridgehead atoms. The molecule has 0 aliphatic carbocycles. The molecule has 0 saturated carbocycles. The molecule has 0 spiro atoms. The summed E-state index contributed by atoms with van der Waals surface area (Å²) in [6.07, 6.45) is 3.03. The van der Waals surface area contributed by atoms with Gasteiger partial charge in [-0.15, -0.1) is 0 Å². The van der Waals surface area contributed by atoms with Crippen molar-refractivity contribution in [2.45, 2.75) is 24.8 Å². The van der Waals surface area contributed by atoms with Gasteiger partial charge in [-0.25, -0.2) is 18.1 Å². The molecule has 0 radical (unpaired) electrons. The van der Waals surface area contributed by atoms with Crippen LogP contribution >= 0.6 is 0 Å². The second kappa shape index (κ2) is 8.08. The highest BCUT2D eigenvalue weighted by atomic mass is 32.2. The van der Waals surface area contributed by atoms with Gasteiger partial charge in [-0.05, 0) is 31.9 Å². The summed E-state index contributed by atoms with van der Waals surface area (Å²) in [5, 5.41) is 3.04. The van der Waals surface area contributed by atoms with E-state index in [1.165, 1.54) is 6.20 Å². The van der Waals surface area contributed by atoms with E-state index in [2.05, 4.69) is 15.0 Å². The first-order valence-electron chi connectivity index (χ1n) is 6.29. The van der Waals surface area contributed by atoms with Gasteiger partial charge in [0, 0.05) is 33.0 Å². The van der Waals surface area contributed by atoms with Crippen molar-refractivity contribution in [1.82, 2.24) is 9.71 Å². The zero-order chi connectivity index (χ0) is 14.1. The highest BCUT2D eigenvalue weighted by molar-refractivity contribution is 7.89. The molecule has 19 heavy (non-hydrogen) atoms. The van der Waals surface area contributed by atoms with E-state index < -0.39 is 10.0 Å². The number of aromatic nitrogens is 1. The summed E-state index contributed by atoms with van der Waals surface area (Å²) in [5.41, 5.74) is 0.523. The first-order chi connectivity index (χ1) is 9.11. The summed E-state index contributed by atoms with van der Waals surface area (Å²) in [6.45, 7) is 3.56. The minimum absolute atomic E-state index is 0.0450. The van der Waals surface area contributed by atoms with Crippen molar-refractivity contribution >= 4 is 15.7 Å². The van der Waals surface area contributed by atoms with Gasteiger partial charge in [-0.1, -0.05) is 0 Å². The largest absolute Gasteiger partial charge is 0.385 e. The van der Waals surface area contributed by atoms with Crippen molar-refractivity contribution < 1.29 is 13.2 Å². The van der Waals surface area contributed by atoms with Gasteiger partial charge in [0.2, 0.25) is 0 Å². The number of rotatable bonds is 9. The van der Waals surface area contributed by atoms with Crippen LogP contribution in [0.4, 0.5) is 5.69 Å². The normalized spacial score (nSPS) is 11.5. The molecule has 0 unspecified atom stereocenters. The fourth-order valence-corrected chi connectivity index (χ4v) is 2.76. The van der Waals surface area contributed by atoms with Crippen molar-refractivity contribution in [3.63, 3.8) is 0 Å². The Labute approximate surface area is 114 Å². The third-order valence-corrected chi connectivity index (χ3v) is 3.88. The van der Waals surface area contributed by atoms with E-state index in [9.17, 15) is 8.42 Å². The van der Waals surface area contributed by atoms with Crippen molar-refractivity contribution in [3.05, 3.63) is 18.3 Å². The van der Waals surface area contributed by atoms with Gasteiger partial charge in [-0.2, -0.15) is 0 Å². The smallest absolute Gasteiger partial charge is 0.260 e. The van der Waals surface area contributed by atoms with Crippen molar-refractivity contribution in [2.75, 3.05) is 32.1 Å². The fraction of sp³-hybridized carbons (Fsp3) is 0.583. The molecular weight excluding hydrogens is 266 g/mol. The lowest BCUT2D eigenvalue weighted by Crippen LogP contribution is -2.26. The first kappa shape index (κ1) is 15.9. The second-order valence-corrected chi connectivity index (χ2v) is 5.67. The third kappa shape index (κ3) is 5.14. The van der Waals surface area contributed by atoms with Gasteiger partial charge >= 0.3 is 0 Å². The van der Waals surface area contributed by atoms with Crippen molar-refractivity contribution in [2.24, 2.45) is 0 Å². The summed E-state index contributed by atoms with van der Waals surface area (Å²) in [4.78, 5) is 3.95. The Morgan fingerprint density at radius 2 is 2.16 bits per heavy atom. The van der Waals surface area contributed by atoms with Crippen LogP contribution in [-0.4, -0.2) is 40.2 Å². The molecule has 6 nitrogen and oxygen atoms in total. The summed E-state index contributed by atoms with van der Waals surface area (Å²) < 4.78 is 31.7. The number of methoxy groups -OCH3 is 1. The molecule has 0 saturated heterocycles. The molecule has 1 aromatic heterocycles. The molecule has 2 N–H and O–H groups in total. The molecule has 108 valence electrons. The zero-order valence-corrected chi connectivity index (χ0v) is 12.2. The highest BCUT2D eigenvalue weighted by Crippen LogP contribution is 2.17. The molecular formula is C12H21N3O3S. The van der Waals surface area contributed by atoms with Crippen LogP contribution in [0.3, 0.4) is 0 Å². The number of ether oxygens (including phenoxy) is 1. The molecule has 0 aliphatic rings. The maximum Gasteiger partial charge on any atom is 0.260 e. The van der Waals surface area contributed by atoms with E-state index in [0.29, 0.717) is 25.4 Å². The minimum atomic E-state index is -3.56. The Morgan fingerprint density at radius 3 is 2.84 bits per heavy atom.